The van der Waals surface area contributed by atoms with Crippen LogP contribution in [-0.2, 0) is 0 Å². The molecule has 1 rings (SSSR count). The molecule has 0 aliphatic rings. The van der Waals surface area contributed by atoms with E-state index in [1.54, 1.807) is 0 Å². The van der Waals surface area contributed by atoms with Gasteiger partial charge in [-0.2, -0.15) is 0 Å². The first kappa shape index (κ1) is 19.3. The second-order valence-electron chi connectivity index (χ2n) is 6.06. The van der Waals surface area contributed by atoms with Gasteiger partial charge in [0.25, 0.3) is 0 Å². The quantitative estimate of drug-likeness (QED) is 0.330. The summed E-state index contributed by atoms with van der Waals surface area (Å²) in [5.41, 5.74) is 0. The predicted octanol–water partition coefficient (Wildman–Crippen LogP) is 5.79. The van der Waals surface area contributed by atoms with Crippen LogP contribution in [0.5, 0.6) is 0 Å². The second kappa shape index (κ2) is 10.9. The molecule has 0 atom stereocenters. The molecule has 0 unspecified atom stereocenters. The summed E-state index contributed by atoms with van der Waals surface area (Å²) in [5.74, 6) is 0. The minimum atomic E-state index is -0.712. The van der Waals surface area contributed by atoms with Gasteiger partial charge >= 0.3 is 147 Å². The Morgan fingerprint density at radius 2 is 1.48 bits per heavy atom. The van der Waals surface area contributed by atoms with E-state index in [0.29, 0.717) is 8.58 Å². The van der Waals surface area contributed by atoms with Crippen LogP contribution in [0.1, 0.15) is 78.6 Å². The molecule has 1 aromatic heterocycles. The average molecular weight is 415 g/mol. The summed E-state index contributed by atoms with van der Waals surface area (Å²) >= 11 is 5.39. The third kappa shape index (κ3) is 7.36. The monoisotopic (exact) mass is 415 g/mol. The fourth-order valence-electron chi connectivity index (χ4n) is 2.86. The van der Waals surface area contributed by atoms with Crippen molar-refractivity contribution in [2.24, 2.45) is 0 Å². The van der Waals surface area contributed by atoms with Gasteiger partial charge in [-0.3, -0.25) is 0 Å². The van der Waals surface area contributed by atoms with Crippen molar-refractivity contribution in [1.82, 2.24) is 4.98 Å². The van der Waals surface area contributed by atoms with Gasteiger partial charge in [-0.05, 0) is 0 Å². The molecular formula is C18H30ClNSn. The van der Waals surface area contributed by atoms with Crippen LogP contribution >= 0.6 is 11.6 Å². The number of pyridine rings is 1. The Morgan fingerprint density at radius 3 is 1.90 bits per heavy atom. The van der Waals surface area contributed by atoms with E-state index in [-0.39, 0.29) is 0 Å². The molecule has 2 radical (unpaired) electrons. The summed E-state index contributed by atoms with van der Waals surface area (Å²) < 4.78 is 1.94. The first-order valence-electron chi connectivity index (χ1n) is 8.56. The van der Waals surface area contributed by atoms with E-state index in [1.807, 2.05) is 6.07 Å². The molecule has 21 heavy (non-hydrogen) atoms. The van der Waals surface area contributed by atoms with Crippen molar-refractivity contribution < 1.29 is 0 Å². The number of nitrogens with zero attached hydrogens (tertiary/aromatic N) is 1. The molecule has 0 bridgehead atoms. The van der Waals surface area contributed by atoms with Crippen LogP contribution in [0.15, 0.2) is 18.2 Å². The number of hydrogen-bond acceptors (Lipinski definition) is 1. The molecule has 1 aromatic rings. The Morgan fingerprint density at radius 1 is 0.952 bits per heavy atom. The molecule has 0 aliphatic carbocycles. The zero-order chi connectivity index (χ0) is 15.6. The van der Waals surface area contributed by atoms with E-state index in [9.17, 15) is 0 Å². The van der Waals surface area contributed by atoms with Gasteiger partial charge in [-0.1, -0.05) is 0 Å². The van der Waals surface area contributed by atoms with Crippen LogP contribution in [0.25, 0.3) is 0 Å². The Bertz CT molecular complexity index is 373. The summed E-state index contributed by atoms with van der Waals surface area (Å²) in [6.45, 7) is 6.94. The maximum absolute atomic E-state index is 6.10. The van der Waals surface area contributed by atoms with E-state index in [1.165, 1.54) is 61.5 Å². The molecule has 0 saturated heterocycles. The summed E-state index contributed by atoms with van der Waals surface area (Å²) in [6.07, 6.45) is 12.3. The fraction of sp³-hybridized carbons (Fsp3) is 0.722. The number of unbranched alkanes of at least 4 members (excludes halogenated alkanes) is 3. The number of aromatic nitrogens is 1. The van der Waals surface area contributed by atoms with Gasteiger partial charge in [0.15, 0.2) is 0 Å². The zero-order valence-corrected chi connectivity index (χ0v) is 17.5. The Kier molecular flexibility index (Phi) is 9.99. The molecule has 1 heterocycles. The van der Waals surface area contributed by atoms with E-state index in [0.717, 1.165) is 0 Å². The SMILES string of the molecule is CCCC[C](CCCC)(CCCC)[Sn][c]1cccc(Cl)n1. The zero-order valence-electron chi connectivity index (χ0n) is 13.9. The molecule has 0 aromatic carbocycles. The van der Waals surface area contributed by atoms with E-state index < -0.39 is 21.1 Å². The molecule has 0 aliphatic heterocycles. The number of halogens is 1. The molecule has 0 saturated carbocycles. The van der Waals surface area contributed by atoms with Crippen molar-refractivity contribution in [3.8, 4) is 0 Å². The third-order valence-electron chi connectivity index (χ3n) is 4.13. The van der Waals surface area contributed by atoms with Crippen molar-refractivity contribution in [1.29, 1.82) is 0 Å². The molecule has 0 spiro atoms. The van der Waals surface area contributed by atoms with Crippen molar-refractivity contribution in [2.45, 2.75) is 82.0 Å². The van der Waals surface area contributed by atoms with Gasteiger partial charge in [-0.25, -0.2) is 0 Å². The fourth-order valence-corrected chi connectivity index (χ4v) is 8.37. The summed E-state index contributed by atoms with van der Waals surface area (Å²) in [5, 5.41) is 0.670. The minimum absolute atomic E-state index is 0.600. The molecule has 0 N–H and O–H groups in total. The van der Waals surface area contributed by atoms with Crippen LogP contribution in [0.2, 0.25) is 8.58 Å². The summed E-state index contributed by atoms with van der Waals surface area (Å²) in [4.78, 5) is 4.62. The molecular weight excluding hydrogens is 384 g/mol. The normalized spacial score (nSPS) is 11.8. The van der Waals surface area contributed by atoms with Gasteiger partial charge < -0.3 is 0 Å². The first-order chi connectivity index (χ1) is 10.2. The van der Waals surface area contributed by atoms with Crippen LogP contribution in [-0.4, -0.2) is 26.1 Å². The molecule has 3 heteroatoms. The van der Waals surface area contributed by atoms with Crippen LogP contribution in [0, 0.1) is 0 Å². The Labute approximate surface area is 146 Å². The van der Waals surface area contributed by atoms with Crippen molar-refractivity contribution >= 4 is 36.5 Å². The van der Waals surface area contributed by atoms with Gasteiger partial charge in [0, 0.05) is 0 Å². The van der Waals surface area contributed by atoms with Gasteiger partial charge in [0.1, 0.15) is 0 Å². The van der Waals surface area contributed by atoms with Gasteiger partial charge in [0.05, 0.1) is 0 Å². The van der Waals surface area contributed by atoms with Crippen LogP contribution < -0.4 is 3.71 Å². The standard InChI is InChI=1S/C13H27.C5H3ClN.Sn/c1-4-7-10-13(11-8-5-2)12-9-6-3;6-5-3-1-2-4-7-5;/h4-12H2,1-3H3;1-3H;. The van der Waals surface area contributed by atoms with Crippen molar-refractivity contribution in [3.63, 3.8) is 0 Å². The first-order valence-corrected chi connectivity index (χ1v) is 11.8. The summed E-state index contributed by atoms with van der Waals surface area (Å²) in [6, 6.07) is 6.20. The van der Waals surface area contributed by atoms with Crippen LogP contribution in [0.4, 0.5) is 0 Å². The van der Waals surface area contributed by atoms with E-state index in [4.69, 9.17) is 11.6 Å². The van der Waals surface area contributed by atoms with Gasteiger partial charge in [0.2, 0.25) is 0 Å². The van der Waals surface area contributed by atoms with E-state index >= 15 is 0 Å². The molecule has 1 nitrogen and oxygen atoms in total. The maximum atomic E-state index is 6.10. The number of rotatable bonds is 11. The predicted molar refractivity (Wildman–Crippen MR) is 95.9 cm³/mol. The van der Waals surface area contributed by atoms with E-state index in [2.05, 4.69) is 37.9 Å². The Balaban J connectivity index is 2.88. The van der Waals surface area contributed by atoms with Gasteiger partial charge in [-0.15, -0.1) is 0 Å². The van der Waals surface area contributed by atoms with Crippen molar-refractivity contribution in [3.05, 3.63) is 23.4 Å². The molecule has 118 valence electrons. The van der Waals surface area contributed by atoms with Crippen molar-refractivity contribution in [2.75, 3.05) is 0 Å². The second-order valence-corrected chi connectivity index (χ2v) is 11.7. The van der Waals surface area contributed by atoms with Crippen LogP contribution in [0.3, 0.4) is 0 Å². The summed E-state index contributed by atoms with van der Waals surface area (Å²) in [7, 11) is 0. The third-order valence-corrected chi connectivity index (χ3v) is 9.53. The topological polar surface area (TPSA) is 12.9 Å². The number of hydrogen-bond donors (Lipinski definition) is 0. The molecule has 0 amide bonds. The Hall–Kier alpha value is 0.239. The average Bonchev–Trinajstić information content (AvgIpc) is 2.48. The molecule has 0 fully saturated rings.